The number of aromatic nitrogens is 2. The number of carbonyl (C=O) groups excluding carboxylic acids is 1. The SMILES string of the molecule is [B]c1c(O)c(O)c(=O)n2c(C(=O)c3cc(Br)c(O)c(C#N)c3)c(C(C)O)[nH]c12. The van der Waals surface area contributed by atoms with E-state index < -0.39 is 34.4 Å². The fraction of sp³-hybridized carbons (Fsp3) is 0.118. The summed E-state index contributed by atoms with van der Waals surface area (Å²) in [7, 11) is 5.72. The number of nitriles is 1. The average molecular weight is 444 g/mol. The number of aliphatic hydroxyl groups excluding tert-OH is 1. The van der Waals surface area contributed by atoms with Gasteiger partial charge in [0.05, 0.1) is 21.8 Å². The normalized spacial score (nSPS) is 12.1. The molecule has 140 valence electrons. The van der Waals surface area contributed by atoms with Gasteiger partial charge in [0.15, 0.2) is 5.75 Å². The molecule has 0 aliphatic heterocycles. The van der Waals surface area contributed by atoms with E-state index in [1.54, 1.807) is 6.07 Å². The Hall–Kier alpha value is -3.23. The number of nitrogens with zero attached hydrogens (tertiary/aromatic N) is 2. The molecule has 11 heteroatoms. The molecule has 1 unspecified atom stereocenters. The van der Waals surface area contributed by atoms with E-state index in [0.717, 1.165) is 10.5 Å². The lowest BCUT2D eigenvalue weighted by molar-refractivity contribution is 0.102. The first kappa shape index (κ1) is 19.5. The zero-order chi connectivity index (χ0) is 20.9. The molecule has 28 heavy (non-hydrogen) atoms. The number of aliphatic hydroxyl groups is 1. The first-order valence-corrected chi connectivity index (χ1v) is 8.52. The number of pyridine rings is 1. The molecular weight excluding hydrogens is 433 g/mol. The van der Waals surface area contributed by atoms with Crippen LogP contribution in [-0.2, 0) is 0 Å². The summed E-state index contributed by atoms with van der Waals surface area (Å²) in [6.45, 7) is 1.33. The molecule has 0 saturated heterocycles. The number of carbonyl (C=O) groups is 1. The number of phenols is 1. The first-order valence-electron chi connectivity index (χ1n) is 7.73. The third-order valence-corrected chi connectivity index (χ3v) is 4.78. The average Bonchev–Trinajstić information content (AvgIpc) is 3.07. The van der Waals surface area contributed by atoms with Gasteiger partial charge in [-0.15, -0.1) is 0 Å². The highest BCUT2D eigenvalue weighted by molar-refractivity contribution is 9.10. The van der Waals surface area contributed by atoms with Gasteiger partial charge in [-0.05, 0) is 40.4 Å². The number of nitrogens with one attached hydrogen (secondary N) is 1. The fourth-order valence-corrected chi connectivity index (χ4v) is 3.25. The minimum absolute atomic E-state index is 0.0701. The van der Waals surface area contributed by atoms with E-state index in [4.69, 9.17) is 13.1 Å². The second-order valence-electron chi connectivity index (χ2n) is 5.96. The number of hydrogen-bond acceptors (Lipinski definition) is 7. The molecule has 0 aliphatic carbocycles. The molecule has 2 aromatic heterocycles. The molecule has 3 rings (SSSR count). The van der Waals surface area contributed by atoms with Crippen LogP contribution in [0.15, 0.2) is 21.4 Å². The van der Waals surface area contributed by atoms with Gasteiger partial charge in [0.25, 0.3) is 0 Å². The Balaban J connectivity index is 2.42. The molecule has 0 amide bonds. The van der Waals surface area contributed by atoms with E-state index in [1.807, 2.05) is 0 Å². The highest BCUT2D eigenvalue weighted by atomic mass is 79.9. The molecule has 3 aromatic rings. The van der Waals surface area contributed by atoms with Crippen molar-refractivity contribution in [3.05, 3.63) is 49.5 Å². The van der Waals surface area contributed by atoms with E-state index in [9.17, 15) is 30.0 Å². The van der Waals surface area contributed by atoms with Gasteiger partial charge in [-0.1, -0.05) is 0 Å². The molecule has 0 spiro atoms. The third-order valence-electron chi connectivity index (χ3n) is 4.17. The summed E-state index contributed by atoms with van der Waals surface area (Å²) in [6.07, 6.45) is -1.25. The van der Waals surface area contributed by atoms with E-state index in [2.05, 4.69) is 20.9 Å². The number of halogens is 1. The predicted molar refractivity (Wildman–Crippen MR) is 101 cm³/mol. The second-order valence-corrected chi connectivity index (χ2v) is 6.81. The van der Waals surface area contributed by atoms with Gasteiger partial charge < -0.3 is 25.4 Å². The van der Waals surface area contributed by atoms with Crippen LogP contribution in [0.5, 0.6) is 17.2 Å². The fourth-order valence-electron chi connectivity index (χ4n) is 2.79. The summed E-state index contributed by atoms with van der Waals surface area (Å²) in [5, 5.41) is 48.6. The lowest BCUT2D eigenvalue weighted by Crippen LogP contribution is -2.24. The van der Waals surface area contributed by atoms with Crippen molar-refractivity contribution in [2.45, 2.75) is 13.0 Å². The summed E-state index contributed by atoms with van der Waals surface area (Å²) in [6, 6.07) is 4.08. The number of ketones is 1. The summed E-state index contributed by atoms with van der Waals surface area (Å²) in [4.78, 5) is 28.2. The standard InChI is InChI=1S/C17H11BBrN3O6/c1-5(23)10-11(13(25)6-2-7(4-20)12(24)8(19)3-6)22-16(21-10)9(18)14(26)15(27)17(22)28/h2-3,5,21,23-24,26-27H,1H3. The van der Waals surface area contributed by atoms with Crippen LogP contribution in [0, 0.1) is 11.3 Å². The molecular formula is C17H11BBrN3O6. The molecule has 1 aromatic carbocycles. The Morgan fingerprint density at radius 3 is 2.50 bits per heavy atom. The smallest absolute Gasteiger partial charge is 0.302 e. The number of aromatic amines is 1. The maximum atomic E-state index is 13.2. The van der Waals surface area contributed by atoms with Crippen LogP contribution in [0.3, 0.4) is 0 Å². The number of fused-ring (bicyclic) bond motifs is 1. The quantitative estimate of drug-likeness (QED) is 0.290. The van der Waals surface area contributed by atoms with E-state index in [1.165, 1.54) is 13.0 Å². The van der Waals surface area contributed by atoms with Crippen LogP contribution in [0.4, 0.5) is 0 Å². The van der Waals surface area contributed by atoms with Gasteiger partial charge in [-0.3, -0.25) is 14.0 Å². The molecule has 5 N–H and O–H groups in total. The Morgan fingerprint density at radius 2 is 1.93 bits per heavy atom. The van der Waals surface area contributed by atoms with Gasteiger partial charge in [-0.25, -0.2) is 0 Å². The Labute approximate surface area is 166 Å². The van der Waals surface area contributed by atoms with Crippen molar-refractivity contribution in [1.29, 1.82) is 5.26 Å². The lowest BCUT2D eigenvalue weighted by atomic mass is 9.96. The number of phenolic OH excluding ortho intramolecular Hbond substituents is 1. The van der Waals surface area contributed by atoms with Gasteiger partial charge >= 0.3 is 5.56 Å². The zero-order valence-corrected chi connectivity index (χ0v) is 15.8. The summed E-state index contributed by atoms with van der Waals surface area (Å²) < 4.78 is 0.808. The van der Waals surface area contributed by atoms with Crippen LogP contribution in [0.1, 0.15) is 40.3 Å². The van der Waals surface area contributed by atoms with Crippen LogP contribution >= 0.6 is 15.9 Å². The molecule has 2 radical (unpaired) electrons. The molecule has 0 saturated carbocycles. The summed E-state index contributed by atoms with van der Waals surface area (Å²) >= 11 is 3.04. The number of imidazole rings is 1. The minimum Gasteiger partial charge on any atom is -0.505 e. The number of rotatable bonds is 3. The van der Waals surface area contributed by atoms with Crippen molar-refractivity contribution < 1.29 is 25.2 Å². The number of benzene rings is 1. The van der Waals surface area contributed by atoms with E-state index in [-0.39, 0.29) is 38.4 Å². The molecule has 0 bridgehead atoms. The van der Waals surface area contributed by atoms with E-state index >= 15 is 0 Å². The number of H-pyrrole nitrogens is 1. The third kappa shape index (κ3) is 2.74. The van der Waals surface area contributed by atoms with Gasteiger partial charge in [0, 0.05) is 5.56 Å². The van der Waals surface area contributed by atoms with Crippen LogP contribution in [0.25, 0.3) is 5.65 Å². The Bertz CT molecular complexity index is 1250. The largest absolute Gasteiger partial charge is 0.505 e. The maximum Gasteiger partial charge on any atom is 0.302 e. The van der Waals surface area contributed by atoms with Crippen LogP contribution < -0.4 is 11.0 Å². The molecule has 0 fully saturated rings. The van der Waals surface area contributed by atoms with Gasteiger partial charge in [0.1, 0.15) is 31.0 Å². The van der Waals surface area contributed by atoms with Crippen LogP contribution in [-0.4, -0.2) is 43.4 Å². The van der Waals surface area contributed by atoms with Crippen molar-refractivity contribution in [1.82, 2.24) is 9.38 Å². The highest BCUT2D eigenvalue weighted by Crippen LogP contribution is 2.31. The number of aromatic hydroxyl groups is 3. The van der Waals surface area contributed by atoms with Gasteiger partial charge in [-0.2, -0.15) is 5.26 Å². The second kappa shape index (κ2) is 6.74. The van der Waals surface area contributed by atoms with Crippen molar-refractivity contribution >= 4 is 40.7 Å². The summed E-state index contributed by atoms with van der Waals surface area (Å²) in [5.41, 5.74) is -2.45. The van der Waals surface area contributed by atoms with Crippen molar-refractivity contribution in [3.63, 3.8) is 0 Å². The topological polar surface area (TPSA) is 159 Å². The van der Waals surface area contributed by atoms with Gasteiger partial charge in [0.2, 0.25) is 11.5 Å². The predicted octanol–water partition coefficient (Wildman–Crippen LogP) is 0.457. The highest BCUT2D eigenvalue weighted by Gasteiger charge is 2.28. The summed E-state index contributed by atoms with van der Waals surface area (Å²) in [5.74, 6) is -3.09. The van der Waals surface area contributed by atoms with Crippen molar-refractivity contribution in [2.75, 3.05) is 0 Å². The molecule has 9 nitrogen and oxygen atoms in total. The maximum absolute atomic E-state index is 13.2. The lowest BCUT2D eigenvalue weighted by Gasteiger charge is -2.09. The Morgan fingerprint density at radius 1 is 1.29 bits per heavy atom. The zero-order valence-electron chi connectivity index (χ0n) is 14.2. The first-order chi connectivity index (χ1) is 13.1. The molecule has 0 aliphatic rings. The monoisotopic (exact) mass is 443 g/mol. The van der Waals surface area contributed by atoms with Crippen molar-refractivity contribution in [3.8, 4) is 23.3 Å². The molecule has 1 atom stereocenters. The van der Waals surface area contributed by atoms with Crippen LogP contribution in [0.2, 0.25) is 0 Å². The Kier molecular flexibility index (Phi) is 4.70. The molecule has 2 heterocycles. The van der Waals surface area contributed by atoms with E-state index in [0.29, 0.717) is 0 Å². The van der Waals surface area contributed by atoms with Crippen molar-refractivity contribution in [2.24, 2.45) is 0 Å². The minimum atomic E-state index is -1.25. The number of hydrogen-bond donors (Lipinski definition) is 5.